The summed E-state index contributed by atoms with van der Waals surface area (Å²) in [5.41, 5.74) is 1.00. The molecule has 0 heterocycles. The molecule has 0 aromatic heterocycles. The van der Waals surface area contributed by atoms with Crippen LogP contribution in [0.1, 0.15) is 19.4 Å². The summed E-state index contributed by atoms with van der Waals surface area (Å²) in [5.74, 6) is -0.190. The minimum Gasteiger partial charge on any atom is -0.316 e. The highest BCUT2D eigenvalue weighted by molar-refractivity contribution is 9.10. The fraction of sp³-hybridized carbons (Fsp3) is 0.538. The highest BCUT2D eigenvalue weighted by Gasteiger charge is 2.09. The third-order valence-corrected chi connectivity index (χ3v) is 3.62. The number of hydrogen-bond acceptors (Lipinski definition) is 2. The van der Waals surface area contributed by atoms with Crippen LogP contribution >= 0.6 is 15.9 Å². The number of benzene rings is 1. The Morgan fingerprint density at radius 2 is 2.12 bits per heavy atom. The van der Waals surface area contributed by atoms with Crippen LogP contribution in [0, 0.1) is 5.82 Å². The molecule has 0 aliphatic rings. The van der Waals surface area contributed by atoms with E-state index in [1.807, 2.05) is 6.07 Å². The van der Waals surface area contributed by atoms with E-state index in [0.29, 0.717) is 4.47 Å². The predicted molar refractivity (Wildman–Crippen MR) is 73.6 cm³/mol. The second kappa shape index (κ2) is 7.80. The van der Waals surface area contributed by atoms with Crippen molar-refractivity contribution >= 4 is 15.9 Å². The lowest BCUT2D eigenvalue weighted by atomic mass is 10.2. The number of halogens is 2. The molecule has 0 saturated carbocycles. The van der Waals surface area contributed by atoms with Crippen LogP contribution in [-0.4, -0.2) is 31.1 Å². The predicted octanol–water partition coefficient (Wildman–Crippen LogP) is 3.02. The summed E-state index contributed by atoms with van der Waals surface area (Å²) in [6, 6.07) is 5.19. The third-order valence-electron chi connectivity index (χ3n) is 2.73. The van der Waals surface area contributed by atoms with Crippen LogP contribution in [0.5, 0.6) is 0 Å². The van der Waals surface area contributed by atoms with E-state index in [1.54, 1.807) is 6.07 Å². The zero-order chi connectivity index (χ0) is 12.7. The lowest BCUT2D eigenvalue weighted by Gasteiger charge is -2.21. The summed E-state index contributed by atoms with van der Waals surface area (Å²) in [7, 11) is 0. The van der Waals surface area contributed by atoms with Gasteiger partial charge in [-0.2, -0.15) is 0 Å². The monoisotopic (exact) mass is 302 g/mol. The molecule has 0 fully saturated rings. The van der Waals surface area contributed by atoms with Gasteiger partial charge in [-0.1, -0.05) is 26.0 Å². The summed E-state index contributed by atoms with van der Waals surface area (Å²) in [6.45, 7) is 8.90. The van der Waals surface area contributed by atoms with Gasteiger partial charge in [0.15, 0.2) is 0 Å². The summed E-state index contributed by atoms with van der Waals surface area (Å²) >= 11 is 3.30. The average molecular weight is 303 g/mol. The Bertz CT molecular complexity index is 344. The van der Waals surface area contributed by atoms with Crippen molar-refractivity contribution in [2.45, 2.75) is 20.4 Å². The lowest BCUT2D eigenvalue weighted by molar-refractivity contribution is 0.279. The van der Waals surface area contributed by atoms with Gasteiger partial charge >= 0.3 is 0 Å². The van der Waals surface area contributed by atoms with Gasteiger partial charge in [-0.05, 0) is 40.6 Å². The first-order valence-corrected chi connectivity index (χ1v) is 6.84. The smallest absolute Gasteiger partial charge is 0.137 e. The Morgan fingerprint density at radius 3 is 2.76 bits per heavy atom. The van der Waals surface area contributed by atoms with E-state index >= 15 is 0 Å². The van der Waals surface area contributed by atoms with Gasteiger partial charge in [-0.25, -0.2) is 4.39 Å². The molecule has 4 heteroatoms. The van der Waals surface area contributed by atoms with E-state index in [1.165, 1.54) is 6.07 Å². The average Bonchev–Trinajstić information content (AvgIpc) is 2.33. The normalized spacial score (nSPS) is 11.1. The highest BCUT2D eigenvalue weighted by Crippen LogP contribution is 2.21. The zero-order valence-corrected chi connectivity index (χ0v) is 12.1. The van der Waals surface area contributed by atoms with Crippen molar-refractivity contribution in [3.8, 4) is 0 Å². The van der Waals surface area contributed by atoms with Crippen LogP contribution in [0.2, 0.25) is 0 Å². The quantitative estimate of drug-likeness (QED) is 0.779. The number of nitrogens with zero attached hydrogens (tertiary/aromatic N) is 1. The van der Waals surface area contributed by atoms with Gasteiger partial charge in [0.05, 0.1) is 4.47 Å². The van der Waals surface area contributed by atoms with Crippen molar-refractivity contribution in [1.29, 1.82) is 0 Å². The molecule has 1 aromatic carbocycles. The van der Waals surface area contributed by atoms with Crippen molar-refractivity contribution in [3.05, 3.63) is 34.1 Å². The molecule has 1 aromatic rings. The van der Waals surface area contributed by atoms with Crippen LogP contribution in [0.4, 0.5) is 4.39 Å². The standard InChI is InChI=1S/C13H20BrFN2/c1-3-16-8-9-17(4-2)10-11-6-5-7-12(15)13(11)14/h5-7,16H,3-4,8-10H2,1-2H3. The Morgan fingerprint density at radius 1 is 1.35 bits per heavy atom. The molecule has 0 atom stereocenters. The first-order valence-electron chi connectivity index (χ1n) is 6.05. The molecular weight excluding hydrogens is 283 g/mol. The molecule has 1 rings (SSSR count). The fourth-order valence-electron chi connectivity index (χ4n) is 1.67. The third kappa shape index (κ3) is 4.74. The maximum Gasteiger partial charge on any atom is 0.137 e. The number of rotatable bonds is 7. The Labute approximate surface area is 111 Å². The zero-order valence-electron chi connectivity index (χ0n) is 10.5. The van der Waals surface area contributed by atoms with Crippen molar-refractivity contribution in [1.82, 2.24) is 10.2 Å². The molecule has 0 saturated heterocycles. The molecule has 0 aliphatic carbocycles. The van der Waals surface area contributed by atoms with Crippen molar-refractivity contribution in [2.24, 2.45) is 0 Å². The molecule has 0 bridgehead atoms. The number of hydrogen-bond donors (Lipinski definition) is 1. The van der Waals surface area contributed by atoms with Gasteiger partial charge in [-0.3, -0.25) is 4.90 Å². The van der Waals surface area contributed by atoms with Gasteiger partial charge in [0.25, 0.3) is 0 Å². The maximum atomic E-state index is 13.4. The summed E-state index contributed by atoms with van der Waals surface area (Å²) in [5, 5.41) is 3.30. The highest BCUT2D eigenvalue weighted by atomic mass is 79.9. The molecule has 0 unspecified atom stereocenters. The lowest BCUT2D eigenvalue weighted by Crippen LogP contribution is -2.31. The van der Waals surface area contributed by atoms with Crippen molar-refractivity contribution < 1.29 is 4.39 Å². The van der Waals surface area contributed by atoms with Crippen LogP contribution in [-0.2, 0) is 6.54 Å². The molecule has 1 N–H and O–H groups in total. The van der Waals surface area contributed by atoms with E-state index in [-0.39, 0.29) is 5.82 Å². The Kier molecular flexibility index (Phi) is 6.70. The van der Waals surface area contributed by atoms with Gasteiger partial charge in [0.1, 0.15) is 5.82 Å². The number of likely N-dealkylation sites (N-methyl/N-ethyl adjacent to an activating group) is 2. The van der Waals surface area contributed by atoms with Crippen LogP contribution in [0.3, 0.4) is 0 Å². The largest absolute Gasteiger partial charge is 0.316 e. The molecule has 0 amide bonds. The summed E-state index contributed by atoms with van der Waals surface area (Å²) in [6.07, 6.45) is 0. The second-order valence-corrected chi connectivity index (χ2v) is 4.73. The van der Waals surface area contributed by atoms with Crippen LogP contribution < -0.4 is 5.32 Å². The van der Waals surface area contributed by atoms with Gasteiger partial charge in [-0.15, -0.1) is 0 Å². The molecule has 0 aliphatic heterocycles. The first kappa shape index (κ1) is 14.6. The Balaban J connectivity index is 2.57. The minimum absolute atomic E-state index is 0.190. The summed E-state index contributed by atoms with van der Waals surface area (Å²) in [4.78, 5) is 2.29. The van der Waals surface area contributed by atoms with E-state index < -0.39 is 0 Å². The van der Waals surface area contributed by atoms with E-state index in [9.17, 15) is 4.39 Å². The minimum atomic E-state index is -0.190. The van der Waals surface area contributed by atoms with Crippen LogP contribution in [0.25, 0.3) is 0 Å². The van der Waals surface area contributed by atoms with Gasteiger partial charge in [0, 0.05) is 19.6 Å². The van der Waals surface area contributed by atoms with Crippen molar-refractivity contribution in [3.63, 3.8) is 0 Å². The van der Waals surface area contributed by atoms with E-state index in [2.05, 4.69) is 40.0 Å². The maximum absolute atomic E-state index is 13.4. The molecule has 96 valence electrons. The SMILES string of the molecule is CCNCCN(CC)Cc1cccc(F)c1Br. The summed E-state index contributed by atoms with van der Waals surface area (Å²) < 4.78 is 13.9. The Hall–Kier alpha value is -0.450. The molecule has 0 spiro atoms. The van der Waals surface area contributed by atoms with E-state index in [0.717, 1.165) is 38.3 Å². The molecule has 0 radical (unpaired) electrons. The topological polar surface area (TPSA) is 15.3 Å². The first-order chi connectivity index (χ1) is 8.19. The molecular formula is C13H20BrFN2. The second-order valence-electron chi connectivity index (χ2n) is 3.94. The van der Waals surface area contributed by atoms with Crippen LogP contribution in [0.15, 0.2) is 22.7 Å². The molecule has 17 heavy (non-hydrogen) atoms. The number of nitrogens with one attached hydrogen (secondary N) is 1. The van der Waals surface area contributed by atoms with Crippen molar-refractivity contribution in [2.75, 3.05) is 26.2 Å². The fourth-order valence-corrected chi connectivity index (χ4v) is 2.06. The van der Waals surface area contributed by atoms with E-state index in [4.69, 9.17) is 0 Å². The van der Waals surface area contributed by atoms with Gasteiger partial charge < -0.3 is 5.32 Å². The van der Waals surface area contributed by atoms with Gasteiger partial charge in [0.2, 0.25) is 0 Å². The molecule has 2 nitrogen and oxygen atoms in total.